The second kappa shape index (κ2) is 7.79. The van der Waals surface area contributed by atoms with Crippen molar-refractivity contribution in [2.24, 2.45) is 0 Å². The van der Waals surface area contributed by atoms with Gasteiger partial charge in [-0.3, -0.25) is 0 Å². The van der Waals surface area contributed by atoms with Gasteiger partial charge < -0.3 is 19.5 Å². The van der Waals surface area contributed by atoms with Crippen LogP contribution in [0, 0.1) is 6.92 Å². The van der Waals surface area contributed by atoms with Crippen LogP contribution in [0.2, 0.25) is 0 Å². The monoisotopic (exact) mass is 389 g/mol. The van der Waals surface area contributed by atoms with E-state index in [1.807, 2.05) is 0 Å². The van der Waals surface area contributed by atoms with Crippen LogP contribution < -0.4 is 5.32 Å². The van der Waals surface area contributed by atoms with Gasteiger partial charge >= 0.3 is 17.9 Å². The molecule has 142 valence electrons. The maximum absolute atomic E-state index is 12.4. The van der Waals surface area contributed by atoms with Crippen molar-refractivity contribution < 1.29 is 28.6 Å². The summed E-state index contributed by atoms with van der Waals surface area (Å²) in [6, 6.07) is 7.00. The third-order valence-electron chi connectivity index (χ3n) is 4.04. The van der Waals surface area contributed by atoms with Gasteiger partial charge in [0, 0.05) is 5.56 Å². The Morgan fingerprint density at radius 3 is 2.52 bits per heavy atom. The highest BCUT2D eigenvalue weighted by Crippen LogP contribution is 2.39. The first kappa shape index (κ1) is 18.9. The molecular formula is C19H19NO6S. The average molecular weight is 389 g/mol. The number of ether oxygens (including phenoxy) is 3. The van der Waals surface area contributed by atoms with Crippen molar-refractivity contribution in [3.8, 4) is 0 Å². The van der Waals surface area contributed by atoms with E-state index in [1.165, 1.54) is 0 Å². The quantitative estimate of drug-likeness (QED) is 0.595. The third-order valence-corrected chi connectivity index (χ3v) is 5.24. The number of hydrogen-bond acceptors (Lipinski definition) is 8. The molecule has 0 saturated heterocycles. The number of carbonyl (C=O) groups excluding carboxylic acids is 3. The van der Waals surface area contributed by atoms with Crippen LogP contribution in [0.4, 0.5) is 5.00 Å². The molecule has 0 aliphatic carbocycles. The first-order valence-electron chi connectivity index (χ1n) is 8.51. The number of hydrogen-bond donors (Lipinski definition) is 1. The zero-order valence-corrected chi connectivity index (χ0v) is 16.0. The molecule has 27 heavy (non-hydrogen) atoms. The molecule has 1 aromatic heterocycles. The Kier molecular flexibility index (Phi) is 5.46. The van der Waals surface area contributed by atoms with Crippen LogP contribution >= 0.6 is 11.3 Å². The lowest BCUT2D eigenvalue weighted by atomic mass is 10.1. The standard InChI is InChI=1S/C19H19NO6S/c1-4-24-18(22)13-10(3)14(19(23)25-5-2)27-16(13)20-15-11-8-6-7-9-12(11)17(21)26-15/h6-9,15,20H,4-5H2,1-3H3/t15-/m0/s1. The van der Waals surface area contributed by atoms with Crippen molar-refractivity contribution in [3.05, 3.63) is 51.4 Å². The minimum Gasteiger partial charge on any atom is -0.462 e. The van der Waals surface area contributed by atoms with E-state index in [0.717, 1.165) is 11.3 Å². The molecule has 0 amide bonds. The normalized spacial score (nSPS) is 15.1. The summed E-state index contributed by atoms with van der Waals surface area (Å²) in [6.45, 7) is 5.49. The highest BCUT2D eigenvalue weighted by Gasteiger charge is 2.33. The molecule has 8 heteroatoms. The van der Waals surface area contributed by atoms with Gasteiger partial charge in [0.05, 0.1) is 24.3 Å². The highest BCUT2D eigenvalue weighted by atomic mass is 32.1. The Bertz CT molecular complexity index is 904. The minimum absolute atomic E-state index is 0.198. The molecule has 0 bridgehead atoms. The molecule has 0 spiro atoms. The number of nitrogens with one attached hydrogen (secondary N) is 1. The van der Waals surface area contributed by atoms with Crippen LogP contribution in [0.15, 0.2) is 24.3 Å². The predicted octanol–water partition coefficient (Wildman–Crippen LogP) is 3.69. The molecule has 0 radical (unpaired) electrons. The van der Waals surface area contributed by atoms with Gasteiger partial charge in [0.25, 0.3) is 0 Å². The lowest BCUT2D eigenvalue weighted by Gasteiger charge is -2.14. The van der Waals surface area contributed by atoms with Crippen molar-refractivity contribution in [2.75, 3.05) is 18.5 Å². The predicted molar refractivity (Wildman–Crippen MR) is 99.2 cm³/mol. The maximum atomic E-state index is 12.4. The van der Waals surface area contributed by atoms with E-state index in [9.17, 15) is 14.4 Å². The highest BCUT2D eigenvalue weighted by molar-refractivity contribution is 7.18. The second-order valence-electron chi connectivity index (χ2n) is 5.72. The molecule has 0 fully saturated rings. The molecule has 0 unspecified atom stereocenters. The zero-order chi connectivity index (χ0) is 19.6. The van der Waals surface area contributed by atoms with E-state index in [1.54, 1.807) is 45.0 Å². The fourth-order valence-corrected chi connectivity index (χ4v) is 3.93. The number of thiophene rings is 1. The summed E-state index contributed by atoms with van der Waals surface area (Å²) in [5.74, 6) is -1.51. The Hall–Kier alpha value is -2.87. The van der Waals surface area contributed by atoms with E-state index < -0.39 is 24.1 Å². The van der Waals surface area contributed by atoms with Gasteiger partial charge in [0.1, 0.15) is 9.88 Å². The van der Waals surface area contributed by atoms with Gasteiger partial charge in [-0.15, -0.1) is 11.3 Å². The topological polar surface area (TPSA) is 90.9 Å². The van der Waals surface area contributed by atoms with Crippen molar-refractivity contribution >= 4 is 34.2 Å². The molecule has 3 rings (SSSR count). The fourth-order valence-electron chi connectivity index (χ4n) is 2.83. The number of esters is 3. The lowest BCUT2D eigenvalue weighted by molar-refractivity contribution is 0.0436. The third kappa shape index (κ3) is 3.52. The first-order chi connectivity index (χ1) is 13.0. The summed E-state index contributed by atoms with van der Waals surface area (Å²) in [4.78, 5) is 37.0. The molecule has 1 atom stereocenters. The van der Waals surface area contributed by atoms with Crippen LogP contribution in [-0.2, 0) is 14.2 Å². The van der Waals surface area contributed by atoms with Crippen molar-refractivity contribution in [3.63, 3.8) is 0 Å². The van der Waals surface area contributed by atoms with Gasteiger partial charge in [0.2, 0.25) is 6.23 Å². The summed E-state index contributed by atoms with van der Waals surface area (Å²) in [5, 5.41) is 3.45. The molecular weight excluding hydrogens is 370 g/mol. The van der Waals surface area contributed by atoms with E-state index in [0.29, 0.717) is 26.6 Å². The fraction of sp³-hybridized carbons (Fsp3) is 0.316. The number of anilines is 1. The molecule has 0 saturated carbocycles. The Morgan fingerprint density at radius 1 is 1.15 bits per heavy atom. The molecule has 1 aliphatic heterocycles. The summed E-state index contributed by atoms with van der Waals surface area (Å²) < 4.78 is 15.6. The largest absolute Gasteiger partial charge is 0.462 e. The molecule has 1 aliphatic rings. The van der Waals surface area contributed by atoms with Crippen molar-refractivity contribution in [2.45, 2.75) is 27.0 Å². The van der Waals surface area contributed by atoms with Gasteiger partial charge in [-0.2, -0.15) is 0 Å². The average Bonchev–Trinajstić information content (AvgIpc) is 3.13. The Labute approximate surface area is 160 Å². The Morgan fingerprint density at radius 2 is 1.81 bits per heavy atom. The number of rotatable bonds is 6. The van der Waals surface area contributed by atoms with E-state index in [-0.39, 0.29) is 18.8 Å². The minimum atomic E-state index is -0.755. The molecule has 2 heterocycles. The molecule has 1 aromatic carbocycles. The number of fused-ring (bicyclic) bond motifs is 1. The summed E-state index contributed by atoms with van der Waals surface area (Å²) in [5.41, 5.74) is 1.84. The first-order valence-corrected chi connectivity index (χ1v) is 9.33. The smallest absolute Gasteiger partial charge is 0.348 e. The number of cyclic esters (lactones) is 1. The molecule has 7 nitrogen and oxygen atoms in total. The van der Waals surface area contributed by atoms with Crippen molar-refractivity contribution in [1.82, 2.24) is 0 Å². The van der Waals surface area contributed by atoms with E-state index >= 15 is 0 Å². The Balaban J connectivity index is 1.99. The zero-order valence-electron chi connectivity index (χ0n) is 15.2. The van der Waals surface area contributed by atoms with Crippen LogP contribution in [0.5, 0.6) is 0 Å². The van der Waals surface area contributed by atoms with Gasteiger partial charge in [-0.1, -0.05) is 18.2 Å². The number of benzene rings is 1. The van der Waals surface area contributed by atoms with E-state index in [2.05, 4.69) is 5.32 Å². The van der Waals surface area contributed by atoms with Gasteiger partial charge in [-0.05, 0) is 32.4 Å². The SMILES string of the molecule is CCOC(=O)c1sc(N[C@H]2OC(=O)c3ccccc32)c(C(=O)OCC)c1C. The second-order valence-corrected chi connectivity index (χ2v) is 6.74. The van der Waals surface area contributed by atoms with Gasteiger partial charge in [0.15, 0.2) is 0 Å². The summed E-state index contributed by atoms with van der Waals surface area (Å²) >= 11 is 1.07. The number of carbonyl (C=O) groups is 3. The molecule has 2 aromatic rings. The van der Waals surface area contributed by atoms with Gasteiger partial charge in [-0.25, -0.2) is 14.4 Å². The maximum Gasteiger partial charge on any atom is 0.348 e. The lowest BCUT2D eigenvalue weighted by Crippen LogP contribution is -2.13. The van der Waals surface area contributed by atoms with Crippen LogP contribution in [0.3, 0.4) is 0 Å². The van der Waals surface area contributed by atoms with Crippen LogP contribution in [-0.4, -0.2) is 31.1 Å². The molecule has 1 N–H and O–H groups in total. The van der Waals surface area contributed by atoms with Crippen LogP contribution in [0.25, 0.3) is 0 Å². The van der Waals surface area contributed by atoms with E-state index in [4.69, 9.17) is 14.2 Å². The van der Waals surface area contributed by atoms with Crippen molar-refractivity contribution in [1.29, 1.82) is 0 Å². The summed E-state index contributed by atoms with van der Waals surface area (Å²) in [6.07, 6.45) is -0.755. The summed E-state index contributed by atoms with van der Waals surface area (Å²) in [7, 11) is 0. The van der Waals surface area contributed by atoms with Crippen LogP contribution in [0.1, 0.15) is 61.6 Å².